The Hall–Kier alpha value is -0.0800. The highest BCUT2D eigenvalue weighted by Crippen LogP contribution is 2.30. The lowest BCUT2D eigenvalue weighted by molar-refractivity contribution is 0.0317. The minimum Gasteiger partial charge on any atom is -0.393 e. The van der Waals surface area contributed by atoms with E-state index in [1.165, 1.54) is 25.7 Å². The lowest BCUT2D eigenvalue weighted by atomic mass is 9.78. The summed E-state index contributed by atoms with van der Waals surface area (Å²) < 4.78 is 0. The molecule has 3 atom stereocenters. The van der Waals surface area contributed by atoms with Gasteiger partial charge in [0, 0.05) is 12.0 Å². The monoisotopic (exact) mass is 155 g/mol. The molecule has 0 aromatic rings. The molecule has 0 aromatic carbocycles. The molecule has 2 aliphatic rings. The number of fused-ring (bicyclic) bond motifs is 1. The van der Waals surface area contributed by atoms with Crippen molar-refractivity contribution < 1.29 is 5.11 Å². The summed E-state index contributed by atoms with van der Waals surface area (Å²) in [5.41, 5.74) is 0. The Labute approximate surface area is 68.0 Å². The zero-order valence-corrected chi connectivity index (χ0v) is 6.92. The van der Waals surface area contributed by atoms with E-state index in [0.717, 1.165) is 13.0 Å². The van der Waals surface area contributed by atoms with Crippen LogP contribution in [0.15, 0.2) is 0 Å². The molecule has 0 radical (unpaired) electrons. The quantitative estimate of drug-likeness (QED) is 0.544. The lowest BCUT2D eigenvalue weighted by Crippen LogP contribution is -2.49. The van der Waals surface area contributed by atoms with Crippen molar-refractivity contribution in [2.24, 2.45) is 5.92 Å². The first-order valence-corrected chi connectivity index (χ1v) is 4.79. The summed E-state index contributed by atoms with van der Waals surface area (Å²) in [6, 6.07) is 0.632. The molecule has 1 aliphatic heterocycles. The fourth-order valence-electron chi connectivity index (χ4n) is 2.50. The van der Waals surface area contributed by atoms with Gasteiger partial charge in [0.1, 0.15) is 0 Å². The van der Waals surface area contributed by atoms with Crippen LogP contribution in [0.4, 0.5) is 0 Å². The highest BCUT2D eigenvalue weighted by atomic mass is 16.3. The van der Waals surface area contributed by atoms with Crippen LogP contribution < -0.4 is 5.32 Å². The average molecular weight is 155 g/mol. The fourth-order valence-corrected chi connectivity index (χ4v) is 2.50. The second kappa shape index (κ2) is 3.11. The molecule has 0 bridgehead atoms. The molecule has 1 aliphatic carbocycles. The van der Waals surface area contributed by atoms with Crippen molar-refractivity contribution >= 4 is 0 Å². The maximum atomic E-state index is 9.66. The second-order valence-electron chi connectivity index (χ2n) is 3.86. The molecule has 11 heavy (non-hydrogen) atoms. The Morgan fingerprint density at radius 3 is 2.73 bits per heavy atom. The van der Waals surface area contributed by atoms with Crippen LogP contribution in [0, 0.1) is 5.92 Å². The molecule has 2 heteroatoms. The number of aliphatic hydroxyl groups excluding tert-OH is 1. The molecule has 64 valence electrons. The van der Waals surface area contributed by atoms with Gasteiger partial charge in [-0.1, -0.05) is 12.8 Å². The van der Waals surface area contributed by atoms with Crippen LogP contribution in [0.3, 0.4) is 0 Å². The molecular weight excluding hydrogens is 138 g/mol. The fraction of sp³-hybridized carbons (Fsp3) is 1.00. The first kappa shape index (κ1) is 7.56. The molecule has 0 spiro atoms. The normalized spacial score (nSPS) is 45.0. The van der Waals surface area contributed by atoms with Crippen LogP contribution >= 0.6 is 0 Å². The largest absolute Gasteiger partial charge is 0.393 e. The number of nitrogens with one attached hydrogen (secondary N) is 1. The Bertz CT molecular complexity index is 136. The van der Waals surface area contributed by atoms with E-state index in [1.54, 1.807) is 0 Å². The smallest absolute Gasteiger partial charge is 0.0595 e. The Balaban J connectivity index is 1.99. The van der Waals surface area contributed by atoms with Crippen molar-refractivity contribution in [3.63, 3.8) is 0 Å². The summed E-state index contributed by atoms with van der Waals surface area (Å²) in [7, 11) is 0. The van der Waals surface area contributed by atoms with Crippen molar-refractivity contribution in [3.8, 4) is 0 Å². The van der Waals surface area contributed by atoms with E-state index in [9.17, 15) is 5.11 Å². The van der Waals surface area contributed by atoms with Gasteiger partial charge >= 0.3 is 0 Å². The molecule has 2 fully saturated rings. The minimum absolute atomic E-state index is 0.0125. The van der Waals surface area contributed by atoms with Gasteiger partial charge in [-0.05, 0) is 25.8 Å². The third-order valence-corrected chi connectivity index (χ3v) is 3.16. The van der Waals surface area contributed by atoms with Gasteiger partial charge in [-0.25, -0.2) is 0 Å². The summed E-state index contributed by atoms with van der Waals surface area (Å²) in [4.78, 5) is 0. The first-order valence-electron chi connectivity index (χ1n) is 4.79. The van der Waals surface area contributed by atoms with E-state index in [4.69, 9.17) is 0 Å². The third kappa shape index (κ3) is 1.42. The summed E-state index contributed by atoms with van der Waals surface area (Å²) in [6.07, 6.45) is 6.13. The standard InChI is InChI=1S/C9H17NO/c11-9-5-6-10-8-4-2-1-3-7(8)9/h7-11H,1-6H2/t7-,8-,9?/m1/s1. The highest BCUT2D eigenvalue weighted by Gasteiger charge is 2.33. The lowest BCUT2D eigenvalue weighted by Gasteiger charge is -2.39. The van der Waals surface area contributed by atoms with E-state index >= 15 is 0 Å². The van der Waals surface area contributed by atoms with Gasteiger partial charge in [-0.2, -0.15) is 0 Å². The van der Waals surface area contributed by atoms with Gasteiger partial charge in [0.25, 0.3) is 0 Å². The number of hydrogen-bond donors (Lipinski definition) is 2. The van der Waals surface area contributed by atoms with Crippen molar-refractivity contribution in [1.29, 1.82) is 0 Å². The predicted molar refractivity (Wildman–Crippen MR) is 44.4 cm³/mol. The Morgan fingerprint density at radius 2 is 1.91 bits per heavy atom. The van der Waals surface area contributed by atoms with E-state index < -0.39 is 0 Å². The Morgan fingerprint density at radius 1 is 1.09 bits per heavy atom. The maximum Gasteiger partial charge on any atom is 0.0595 e. The van der Waals surface area contributed by atoms with Gasteiger partial charge < -0.3 is 10.4 Å². The van der Waals surface area contributed by atoms with Gasteiger partial charge in [-0.15, -0.1) is 0 Å². The van der Waals surface area contributed by atoms with Crippen LogP contribution in [0.5, 0.6) is 0 Å². The summed E-state index contributed by atoms with van der Waals surface area (Å²) in [6.45, 7) is 1.02. The van der Waals surface area contributed by atoms with Gasteiger partial charge in [0.05, 0.1) is 6.10 Å². The van der Waals surface area contributed by atoms with Crippen molar-refractivity contribution in [2.75, 3.05) is 6.54 Å². The summed E-state index contributed by atoms with van der Waals surface area (Å²) >= 11 is 0. The third-order valence-electron chi connectivity index (χ3n) is 3.16. The van der Waals surface area contributed by atoms with Crippen LogP contribution in [-0.4, -0.2) is 23.8 Å². The molecule has 2 rings (SSSR count). The summed E-state index contributed by atoms with van der Waals surface area (Å²) in [5, 5.41) is 13.2. The molecule has 0 amide bonds. The van der Waals surface area contributed by atoms with Gasteiger partial charge in [-0.3, -0.25) is 0 Å². The molecular formula is C9H17NO. The minimum atomic E-state index is -0.0125. The zero-order valence-electron chi connectivity index (χ0n) is 6.92. The number of rotatable bonds is 0. The van der Waals surface area contributed by atoms with E-state index in [-0.39, 0.29) is 6.10 Å². The van der Waals surface area contributed by atoms with E-state index in [0.29, 0.717) is 12.0 Å². The number of aliphatic hydroxyl groups is 1. The second-order valence-corrected chi connectivity index (χ2v) is 3.86. The molecule has 1 heterocycles. The van der Waals surface area contributed by atoms with Crippen LogP contribution in [0.1, 0.15) is 32.1 Å². The number of piperidine rings is 1. The molecule has 1 unspecified atom stereocenters. The van der Waals surface area contributed by atoms with Crippen LogP contribution in [0.25, 0.3) is 0 Å². The highest BCUT2D eigenvalue weighted by molar-refractivity contribution is 4.89. The van der Waals surface area contributed by atoms with Crippen molar-refractivity contribution in [1.82, 2.24) is 5.32 Å². The molecule has 1 saturated carbocycles. The molecule has 0 aromatic heterocycles. The summed E-state index contributed by atoms with van der Waals surface area (Å²) in [5.74, 6) is 0.567. The van der Waals surface area contributed by atoms with Crippen molar-refractivity contribution in [3.05, 3.63) is 0 Å². The van der Waals surface area contributed by atoms with E-state index in [2.05, 4.69) is 5.32 Å². The van der Waals surface area contributed by atoms with Crippen molar-refractivity contribution in [2.45, 2.75) is 44.2 Å². The Kier molecular flexibility index (Phi) is 2.14. The topological polar surface area (TPSA) is 32.3 Å². The molecule has 2 N–H and O–H groups in total. The average Bonchev–Trinajstić information content (AvgIpc) is 2.06. The zero-order chi connectivity index (χ0) is 7.68. The maximum absolute atomic E-state index is 9.66. The first-order chi connectivity index (χ1) is 5.38. The van der Waals surface area contributed by atoms with Gasteiger partial charge in [0.15, 0.2) is 0 Å². The SMILES string of the molecule is OC1CCN[C@@H]2CCCC[C@@H]12. The van der Waals surface area contributed by atoms with E-state index in [1.807, 2.05) is 0 Å². The molecule has 1 saturated heterocycles. The van der Waals surface area contributed by atoms with Crippen LogP contribution in [0.2, 0.25) is 0 Å². The van der Waals surface area contributed by atoms with Gasteiger partial charge in [0.2, 0.25) is 0 Å². The van der Waals surface area contributed by atoms with Crippen LogP contribution in [-0.2, 0) is 0 Å². The predicted octanol–water partition coefficient (Wildman–Crippen LogP) is 0.899. The number of hydrogen-bond acceptors (Lipinski definition) is 2. The molecule has 2 nitrogen and oxygen atoms in total.